The fourth-order valence-corrected chi connectivity index (χ4v) is 2.90. The number of aromatic nitrogens is 2. The molecule has 3 aromatic rings. The van der Waals surface area contributed by atoms with Crippen LogP contribution in [-0.4, -0.2) is 47.3 Å². The molecular weight excluding hydrogens is 344 g/mol. The third-order valence-corrected chi connectivity index (χ3v) is 4.27. The minimum atomic E-state index is -0.194. The number of nitrogens with one attached hydrogen (secondary N) is 1. The molecule has 1 aromatic carbocycles. The molecule has 0 radical (unpaired) electrons. The van der Waals surface area contributed by atoms with Gasteiger partial charge in [-0.15, -0.1) is 0 Å². The van der Waals surface area contributed by atoms with Gasteiger partial charge in [0.15, 0.2) is 0 Å². The van der Waals surface area contributed by atoms with Gasteiger partial charge in [0.05, 0.1) is 24.8 Å². The fraction of sp³-hybridized carbons (Fsp3) is 0.250. The molecule has 7 heteroatoms. The van der Waals surface area contributed by atoms with Crippen LogP contribution in [0.3, 0.4) is 0 Å². The van der Waals surface area contributed by atoms with E-state index in [1.165, 1.54) is 12.0 Å². The van der Waals surface area contributed by atoms with Crippen molar-refractivity contribution in [1.82, 2.24) is 14.3 Å². The van der Waals surface area contributed by atoms with Crippen LogP contribution in [-0.2, 0) is 11.2 Å². The number of anilines is 1. The highest BCUT2D eigenvalue weighted by Gasteiger charge is 2.16. The molecule has 0 aliphatic heterocycles. The Labute approximate surface area is 157 Å². The summed E-state index contributed by atoms with van der Waals surface area (Å²) in [6.07, 6.45) is 3.77. The molecule has 0 spiro atoms. The van der Waals surface area contributed by atoms with E-state index in [1.54, 1.807) is 38.5 Å². The first kappa shape index (κ1) is 18.4. The molecule has 2 heterocycles. The van der Waals surface area contributed by atoms with E-state index < -0.39 is 0 Å². The highest BCUT2D eigenvalue weighted by Crippen LogP contribution is 2.24. The van der Waals surface area contributed by atoms with Gasteiger partial charge in [0.2, 0.25) is 5.91 Å². The van der Waals surface area contributed by atoms with Gasteiger partial charge in [-0.2, -0.15) is 0 Å². The van der Waals surface area contributed by atoms with E-state index in [0.717, 1.165) is 16.9 Å². The van der Waals surface area contributed by atoms with Crippen molar-refractivity contribution < 1.29 is 14.3 Å². The first-order chi connectivity index (χ1) is 12.9. The molecule has 0 atom stereocenters. The van der Waals surface area contributed by atoms with E-state index in [4.69, 9.17) is 4.74 Å². The van der Waals surface area contributed by atoms with Gasteiger partial charge in [0, 0.05) is 32.2 Å². The Bertz CT molecular complexity index is 1010. The van der Waals surface area contributed by atoms with Crippen LogP contribution in [0.15, 0.2) is 42.7 Å². The summed E-state index contributed by atoms with van der Waals surface area (Å²) in [7, 11) is 4.84. The molecule has 2 aromatic heterocycles. The zero-order valence-corrected chi connectivity index (χ0v) is 15.8. The second-order valence-electron chi connectivity index (χ2n) is 6.47. The lowest BCUT2D eigenvalue weighted by atomic mass is 10.1. The number of methoxy groups -OCH3 is 1. The van der Waals surface area contributed by atoms with Crippen LogP contribution < -0.4 is 10.1 Å². The molecule has 1 N–H and O–H groups in total. The lowest BCUT2D eigenvalue weighted by Gasteiger charge is -2.15. The zero-order chi connectivity index (χ0) is 19.6. The molecule has 0 saturated carbocycles. The van der Waals surface area contributed by atoms with Crippen LogP contribution >= 0.6 is 0 Å². The second-order valence-corrected chi connectivity index (χ2v) is 6.47. The topological polar surface area (TPSA) is 75.9 Å². The predicted octanol–water partition coefficient (Wildman–Crippen LogP) is 2.53. The van der Waals surface area contributed by atoms with E-state index >= 15 is 0 Å². The van der Waals surface area contributed by atoms with Gasteiger partial charge < -0.3 is 19.4 Å². The molecule has 0 fully saturated rings. The van der Waals surface area contributed by atoms with Crippen molar-refractivity contribution in [2.24, 2.45) is 0 Å². The molecule has 0 bridgehead atoms. The normalized spacial score (nSPS) is 10.7. The molecule has 0 saturated heterocycles. The molecule has 2 amide bonds. The maximum absolute atomic E-state index is 12.5. The zero-order valence-electron chi connectivity index (χ0n) is 15.8. The lowest BCUT2D eigenvalue weighted by molar-refractivity contribution is -0.115. The van der Waals surface area contributed by atoms with Gasteiger partial charge in [-0.1, -0.05) is 6.07 Å². The number of hydrogen-bond donors (Lipinski definition) is 1. The minimum absolute atomic E-state index is 0.174. The number of carbonyl (C=O) groups excluding carboxylic acids is 2. The third-order valence-electron chi connectivity index (χ3n) is 4.27. The summed E-state index contributed by atoms with van der Waals surface area (Å²) in [4.78, 5) is 30.7. The summed E-state index contributed by atoms with van der Waals surface area (Å²) < 4.78 is 7.16. The van der Waals surface area contributed by atoms with Crippen LogP contribution in [0.4, 0.5) is 5.69 Å². The highest BCUT2D eigenvalue weighted by atomic mass is 16.5. The number of aryl methyl sites for hydroxylation is 1. The summed E-state index contributed by atoms with van der Waals surface area (Å²) in [5, 5.41) is 2.84. The van der Waals surface area contributed by atoms with E-state index in [1.807, 2.05) is 29.7 Å². The maximum Gasteiger partial charge on any atom is 0.257 e. The first-order valence-electron chi connectivity index (χ1n) is 8.52. The summed E-state index contributed by atoms with van der Waals surface area (Å²) >= 11 is 0. The van der Waals surface area contributed by atoms with Crippen LogP contribution in [0.25, 0.3) is 5.65 Å². The van der Waals surface area contributed by atoms with E-state index in [-0.39, 0.29) is 18.2 Å². The molecule has 7 nitrogen and oxygen atoms in total. The molecule has 0 aliphatic rings. The molecule has 0 aliphatic carbocycles. The molecular formula is C20H22N4O3. The number of nitrogens with zero attached hydrogens (tertiary/aromatic N) is 3. The largest absolute Gasteiger partial charge is 0.496 e. The second kappa shape index (κ2) is 7.49. The Hall–Kier alpha value is -3.35. The molecule has 140 valence electrons. The van der Waals surface area contributed by atoms with E-state index in [0.29, 0.717) is 17.0 Å². The number of rotatable bonds is 5. The van der Waals surface area contributed by atoms with E-state index in [2.05, 4.69) is 10.3 Å². The van der Waals surface area contributed by atoms with Crippen LogP contribution in [0.1, 0.15) is 21.6 Å². The molecule has 3 rings (SSSR count). The van der Waals surface area contributed by atoms with Crippen molar-refractivity contribution in [3.05, 3.63) is 59.5 Å². The smallest absolute Gasteiger partial charge is 0.257 e. The van der Waals surface area contributed by atoms with Crippen molar-refractivity contribution >= 4 is 23.1 Å². The summed E-state index contributed by atoms with van der Waals surface area (Å²) in [6, 6.07) is 8.91. The highest BCUT2D eigenvalue weighted by molar-refractivity contribution is 5.99. The van der Waals surface area contributed by atoms with Gasteiger partial charge >= 0.3 is 0 Å². The average Bonchev–Trinajstić information content (AvgIpc) is 3.05. The van der Waals surface area contributed by atoms with Crippen molar-refractivity contribution in [2.45, 2.75) is 13.3 Å². The number of hydrogen-bond acceptors (Lipinski definition) is 4. The number of benzene rings is 1. The fourth-order valence-electron chi connectivity index (χ4n) is 2.90. The van der Waals surface area contributed by atoms with Gasteiger partial charge in [-0.3, -0.25) is 9.59 Å². The van der Waals surface area contributed by atoms with Crippen LogP contribution in [0.5, 0.6) is 5.75 Å². The number of ether oxygens (including phenoxy) is 1. The standard InChI is InChI=1S/C20H22N4O3/c1-13-6-5-9-24-15(12-21-19(13)24)11-18(25)22-14-7-8-17(27-4)16(10-14)20(26)23(2)3/h5-10,12H,11H2,1-4H3,(H,22,25). The monoisotopic (exact) mass is 366 g/mol. The Kier molecular flexibility index (Phi) is 5.12. The van der Waals surface area contributed by atoms with Crippen molar-refractivity contribution in [2.75, 3.05) is 26.5 Å². The minimum Gasteiger partial charge on any atom is -0.496 e. The Morgan fingerprint density at radius 3 is 2.74 bits per heavy atom. The summed E-state index contributed by atoms with van der Waals surface area (Å²) in [5.41, 5.74) is 3.61. The SMILES string of the molecule is COc1ccc(NC(=O)Cc2cnc3c(C)cccn23)cc1C(=O)N(C)C. The van der Waals surface area contributed by atoms with Crippen LogP contribution in [0.2, 0.25) is 0 Å². The Balaban J connectivity index is 1.80. The molecule has 27 heavy (non-hydrogen) atoms. The van der Waals surface area contributed by atoms with E-state index in [9.17, 15) is 9.59 Å². The maximum atomic E-state index is 12.5. The average molecular weight is 366 g/mol. The number of carbonyl (C=O) groups is 2. The lowest BCUT2D eigenvalue weighted by Crippen LogP contribution is -2.23. The predicted molar refractivity (Wildman–Crippen MR) is 103 cm³/mol. The van der Waals surface area contributed by atoms with Crippen molar-refractivity contribution in [3.8, 4) is 5.75 Å². The summed E-state index contributed by atoms with van der Waals surface area (Å²) in [5.74, 6) is 0.0795. The van der Waals surface area contributed by atoms with Crippen molar-refractivity contribution in [1.29, 1.82) is 0 Å². The Morgan fingerprint density at radius 1 is 1.26 bits per heavy atom. The summed E-state index contributed by atoms with van der Waals surface area (Å²) in [6.45, 7) is 1.98. The molecule has 0 unspecified atom stereocenters. The number of imidazole rings is 1. The van der Waals surface area contributed by atoms with Gasteiger partial charge in [0.1, 0.15) is 11.4 Å². The number of pyridine rings is 1. The van der Waals surface area contributed by atoms with Gasteiger partial charge in [-0.05, 0) is 36.8 Å². The third kappa shape index (κ3) is 3.76. The Morgan fingerprint density at radius 2 is 2.04 bits per heavy atom. The van der Waals surface area contributed by atoms with Gasteiger partial charge in [0.25, 0.3) is 5.91 Å². The van der Waals surface area contributed by atoms with Crippen LogP contribution in [0, 0.1) is 6.92 Å². The van der Waals surface area contributed by atoms with Crippen molar-refractivity contribution in [3.63, 3.8) is 0 Å². The number of fused-ring (bicyclic) bond motifs is 1. The van der Waals surface area contributed by atoms with Gasteiger partial charge in [-0.25, -0.2) is 4.98 Å². The first-order valence-corrected chi connectivity index (χ1v) is 8.52. The quantitative estimate of drug-likeness (QED) is 0.753. The number of amides is 2.